The lowest BCUT2D eigenvalue weighted by Gasteiger charge is -2.00. The standard InChI is InChI=1S/C14H17N3O4S.ClH/c1-8-10(14(19)20-2)5-9(21-8)6-16-13(18)11-7-22-12(17-11)3-4-15;/h5,7H,3-4,6,15H2,1-2H3,(H,16,18);1H. The van der Waals surface area contributed by atoms with Gasteiger partial charge >= 0.3 is 5.97 Å². The van der Waals surface area contributed by atoms with E-state index in [1.165, 1.54) is 18.4 Å². The molecule has 0 atom stereocenters. The van der Waals surface area contributed by atoms with Crippen LogP contribution in [-0.2, 0) is 17.7 Å². The van der Waals surface area contributed by atoms with E-state index in [1.807, 2.05) is 0 Å². The first kappa shape index (κ1) is 19.1. The number of aryl methyl sites for hydroxylation is 1. The maximum atomic E-state index is 12.0. The minimum atomic E-state index is -0.468. The van der Waals surface area contributed by atoms with Crippen molar-refractivity contribution in [2.45, 2.75) is 19.9 Å². The molecular weight excluding hydrogens is 342 g/mol. The summed E-state index contributed by atoms with van der Waals surface area (Å²) in [6.07, 6.45) is 0.651. The number of hydrogen-bond acceptors (Lipinski definition) is 7. The van der Waals surface area contributed by atoms with E-state index in [2.05, 4.69) is 15.0 Å². The number of esters is 1. The number of furan rings is 1. The summed E-state index contributed by atoms with van der Waals surface area (Å²) in [5, 5.41) is 5.21. The van der Waals surface area contributed by atoms with Crippen LogP contribution in [0.2, 0.25) is 0 Å². The molecule has 0 fully saturated rings. The number of hydrogen-bond donors (Lipinski definition) is 2. The Morgan fingerprint density at radius 1 is 1.48 bits per heavy atom. The smallest absolute Gasteiger partial charge is 0.341 e. The first-order valence-electron chi connectivity index (χ1n) is 6.65. The maximum absolute atomic E-state index is 12.0. The Labute approximate surface area is 143 Å². The number of aromatic nitrogens is 1. The predicted octanol–water partition coefficient (Wildman–Crippen LogP) is 1.68. The van der Waals surface area contributed by atoms with Crippen LogP contribution in [0, 0.1) is 6.92 Å². The second-order valence-electron chi connectivity index (χ2n) is 4.52. The third kappa shape index (κ3) is 4.78. The van der Waals surface area contributed by atoms with Gasteiger partial charge in [0.2, 0.25) is 0 Å². The van der Waals surface area contributed by atoms with Gasteiger partial charge in [-0.2, -0.15) is 0 Å². The fourth-order valence-electron chi connectivity index (χ4n) is 1.85. The van der Waals surface area contributed by atoms with Crippen molar-refractivity contribution < 1.29 is 18.7 Å². The molecule has 1 amide bonds. The highest BCUT2D eigenvalue weighted by Crippen LogP contribution is 2.16. The normalized spacial score (nSPS) is 10.0. The monoisotopic (exact) mass is 359 g/mol. The van der Waals surface area contributed by atoms with Gasteiger partial charge < -0.3 is 20.2 Å². The maximum Gasteiger partial charge on any atom is 0.341 e. The number of methoxy groups -OCH3 is 1. The van der Waals surface area contributed by atoms with E-state index in [9.17, 15) is 9.59 Å². The Bertz CT molecular complexity index is 683. The van der Waals surface area contributed by atoms with E-state index >= 15 is 0 Å². The number of halogens is 1. The lowest BCUT2D eigenvalue weighted by atomic mass is 10.2. The Morgan fingerprint density at radius 3 is 2.87 bits per heavy atom. The summed E-state index contributed by atoms with van der Waals surface area (Å²) in [7, 11) is 1.30. The molecule has 23 heavy (non-hydrogen) atoms. The molecule has 0 aliphatic rings. The first-order chi connectivity index (χ1) is 10.5. The van der Waals surface area contributed by atoms with Crippen LogP contribution in [0.15, 0.2) is 15.9 Å². The molecule has 9 heteroatoms. The van der Waals surface area contributed by atoms with Gasteiger partial charge in [0.15, 0.2) is 0 Å². The Morgan fingerprint density at radius 2 is 2.22 bits per heavy atom. The van der Waals surface area contributed by atoms with E-state index in [-0.39, 0.29) is 24.9 Å². The summed E-state index contributed by atoms with van der Waals surface area (Å²) in [6, 6.07) is 1.56. The van der Waals surface area contributed by atoms with Gasteiger partial charge in [0.1, 0.15) is 22.8 Å². The van der Waals surface area contributed by atoms with Crippen molar-refractivity contribution in [2.24, 2.45) is 5.73 Å². The van der Waals surface area contributed by atoms with Crippen molar-refractivity contribution in [1.29, 1.82) is 0 Å². The number of carbonyl (C=O) groups is 2. The summed E-state index contributed by atoms with van der Waals surface area (Å²) in [6.45, 7) is 2.33. The highest BCUT2D eigenvalue weighted by atomic mass is 35.5. The fraction of sp³-hybridized carbons (Fsp3) is 0.357. The zero-order chi connectivity index (χ0) is 16.1. The zero-order valence-electron chi connectivity index (χ0n) is 12.8. The number of rotatable bonds is 6. The third-order valence-corrected chi connectivity index (χ3v) is 3.85. The van der Waals surface area contributed by atoms with E-state index in [0.29, 0.717) is 35.7 Å². The second-order valence-corrected chi connectivity index (χ2v) is 5.46. The van der Waals surface area contributed by atoms with E-state index in [4.69, 9.17) is 10.2 Å². The number of amides is 1. The highest BCUT2D eigenvalue weighted by molar-refractivity contribution is 7.09. The molecule has 7 nitrogen and oxygen atoms in total. The summed E-state index contributed by atoms with van der Waals surface area (Å²) < 4.78 is 10.1. The van der Waals surface area contributed by atoms with Crippen LogP contribution in [0.5, 0.6) is 0 Å². The molecule has 2 aromatic rings. The average Bonchev–Trinajstić information content (AvgIpc) is 3.11. The fourth-order valence-corrected chi connectivity index (χ4v) is 2.65. The molecule has 0 aliphatic carbocycles. The van der Waals surface area contributed by atoms with Crippen LogP contribution >= 0.6 is 23.7 Å². The van der Waals surface area contributed by atoms with Crippen molar-refractivity contribution in [1.82, 2.24) is 10.3 Å². The van der Waals surface area contributed by atoms with E-state index < -0.39 is 5.97 Å². The van der Waals surface area contributed by atoms with Gasteiger partial charge in [0.25, 0.3) is 5.91 Å². The first-order valence-corrected chi connectivity index (χ1v) is 7.53. The second kappa shape index (κ2) is 8.66. The largest absolute Gasteiger partial charge is 0.465 e. The van der Waals surface area contributed by atoms with Gasteiger partial charge in [-0.1, -0.05) is 0 Å². The molecule has 2 heterocycles. The van der Waals surface area contributed by atoms with Crippen LogP contribution < -0.4 is 11.1 Å². The molecule has 126 valence electrons. The molecule has 0 saturated carbocycles. The zero-order valence-corrected chi connectivity index (χ0v) is 14.4. The molecule has 0 unspecified atom stereocenters. The van der Waals surface area contributed by atoms with E-state index in [0.717, 1.165) is 5.01 Å². The summed E-state index contributed by atoms with van der Waals surface area (Å²) in [4.78, 5) is 27.7. The van der Waals surface area contributed by atoms with Crippen molar-refractivity contribution >= 4 is 35.6 Å². The average molecular weight is 360 g/mol. The van der Waals surface area contributed by atoms with E-state index in [1.54, 1.807) is 18.4 Å². The molecule has 2 aromatic heterocycles. The number of nitrogens with zero attached hydrogens (tertiary/aromatic N) is 1. The molecule has 0 bridgehead atoms. The van der Waals surface area contributed by atoms with Crippen molar-refractivity contribution in [3.05, 3.63) is 39.2 Å². The van der Waals surface area contributed by atoms with Gasteiger partial charge in [0.05, 0.1) is 18.7 Å². The minimum absolute atomic E-state index is 0. The summed E-state index contributed by atoms with van der Waals surface area (Å²) in [5.41, 5.74) is 6.15. The topological polar surface area (TPSA) is 107 Å². The molecule has 3 N–H and O–H groups in total. The Hall–Kier alpha value is -1.90. The predicted molar refractivity (Wildman–Crippen MR) is 88.1 cm³/mol. The molecular formula is C14H18ClN3O4S. The number of nitrogens with one attached hydrogen (secondary N) is 1. The SMILES string of the molecule is COC(=O)c1cc(CNC(=O)c2csc(CCN)n2)oc1C.Cl. The summed E-state index contributed by atoms with van der Waals surface area (Å²) in [5.74, 6) is 0.164. The van der Waals surface area contributed by atoms with Crippen molar-refractivity contribution in [3.63, 3.8) is 0 Å². The molecule has 2 rings (SSSR count). The third-order valence-electron chi connectivity index (χ3n) is 2.94. The van der Waals surface area contributed by atoms with Crippen LogP contribution in [0.1, 0.15) is 37.4 Å². The van der Waals surface area contributed by atoms with Gasteiger partial charge in [-0.05, 0) is 19.5 Å². The van der Waals surface area contributed by atoms with Gasteiger partial charge in [0, 0.05) is 11.8 Å². The van der Waals surface area contributed by atoms with Crippen LogP contribution in [0.25, 0.3) is 0 Å². The Balaban J connectivity index is 0.00000264. The van der Waals surface area contributed by atoms with Crippen molar-refractivity contribution in [2.75, 3.05) is 13.7 Å². The lowest BCUT2D eigenvalue weighted by molar-refractivity contribution is 0.0598. The quantitative estimate of drug-likeness (QED) is 0.760. The summed E-state index contributed by atoms with van der Waals surface area (Å²) >= 11 is 1.40. The van der Waals surface area contributed by atoms with Gasteiger partial charge in [-0.25, -0.2) is 9.78 Å². The molecule has 0 saturated heterocycles. The number of ether oxygens (including phenoxy) is 1. The van der Waals surface area contributed by atoms with Gasteiger partial charge in [-0.3, -0.25) is 4.79 Å². The number of thiazole rings is 1. The van der Waals surface area contributed by atoms with Crippen LogP contribution in [-0.4, -0.2) is 30.5 Å². The lowest BCUT2D eigenvalue weighted by Crippen LogP contribution is -2.23. The minimum Gasteiger partial charge on any atom is -0.465 e. The number of carbonyl (C=O) groups excluding carboxylic acids is 2. The van der Waals surface area contributed by atoms with Crippen LogP contribution in [0.3, 0.4) is 0 Å². The molecule has 0 radical (unpaired) electrons. The Kier molecular flexibility index (Phi) is 7.21. The number of nitrogens with two attached hydrogens (primary N) is 1. The molecule has 0 aromatic carbocycles. The highest BCUT2D eigenvalue weighted by Gasteiger charge is 2.16. The van der Waals surface area contributed by atoms with Gasteiger partial charge in [-0.15, -0.1) is 23.7 Å². The van der Waals surface area contributed by atoms with Crippen LogP contribution in [0.4, 0.5) is 0 Å². The van der Waals surface area contributed by atoms with Crippen molar-refractivity contribution in [3.8, 4) is 0 Å². The molecule has 0 aliphatic heterocycles. The molecule has 0 spiro atoms.